The molecular weight excluding hydrogens is 364 g/mol. The fourth-order valence-corrected chi connectivity index (χ4v) is 4.83. The van der Waals surface area contributed by atoms with Crippen LogP contribution in [-0.4, -0.2) is 26.3 Å². The highest BCUT2D eigenvalue weighted by atomic mass is 16.1. The predicted molar refractivity (Wildman–Crippen MR) is 110 cm³/mol. The number of hydrogen-bond donors (Lipinski definition) is 0. The molecule has 1 atom stereocenters. The molecule has 0 bridgehead atoms. The molecule has 3 aromatic rings. The molecule has 1 unspecified atom stereocenters. The van der Waals surface area contributed by atoms with Crippen LogP contribution in [0, 0.1) is 11.3 Å². The lowest BCUT2D eigenvalue weighted by molar-refractivity contribution is 0.454. The van der Waals surface area contributed by atoms with E-state index >= 15 is 0 Å². The van der Waals surface area contributed by atoms with Crippen LogP contribution in [0.5, 0.6) is 0 Å². The Balaban J connectivity index is 1.70. The first kappa shape index (κ1) is 17.8. The van der Waals surface area contributed by atoms with Crippen molar-refractivity contribution in [3.63, 3.8) is 0 Å². The maximum absolute atomic E-state index is 13.5. The van der Waals surface area contributed by atoms with Crippen LogP contribution >= 0.6 is 0 Å². The first-order valence-electron chi connectivity index (χ1n) is 10.3. The number of fused-ring (bicyclic) bond motifs is 1. The van der Waals surface area contributed by atoms with Crippen LogP contribution in [-0.2, 0) is 0 Å². The first-order chi connectivity index (χ1) is 14.3. The van der Waals surface area contributed by atoms with Gasteiger partial charge >= 0.3 is 0 Å². The Morgan fingerprint density at radius 2 is 1.90 bits per heavy atom. The molecule has 29 heavy (non-hydrogen) atoms. The van der Waals surface area contributed by atoms with Crippen LogP contribution in [0.2, 0.25) is 0 Å². The van der Waals surface area contributed by atoms with Gasteiger partial charge in [-0.05, 0) is 43.9 Å². The van der Waals surface area contributed by atoms with Crippen LogP contribution in [0.1, 0.15) is 62.0 Å². The summed E-state index contributed by atoms with van der Waals surface area (Å²) in [5.41, 5.74) is 1.28. The Hall–Kier alpha value is -3.27. The van der Waals surface area contributed by atoms with Crippen molar-refractivity contribution < 1.29 is 0 Å². The van der Waals surface area contributed by atoms with E-state index in [-0.39, 0.29) is 17.6 Å². The molecule has 1 saturated carbocycles. The molecule has 2 aromatic heterocycles. The molecule has 2 fully saturated rings. The average Bonchev–Trinajstić information content (AvgIpc) is 3.46. The van der Waals surface area contributed by atoms with Crippen LogP contribution in [0.15, 0.2) is 41.3 Å². The molecule has 1 aromatic carbocycles. The van der Waals surface area contributed by atoms with Crippen molar-refractivity contribution in [1.82, 2.24) is 19.7 Å². The van der Waals surface area contributed by atoms with Crippen molar-refractivity contribution in [1.29, 1.82) is 5.26 Å². The zero-order valence-electron chi connectivity index (χ0n) is 16.2. The van der Waals surface area contributed by atoms with Gasteiger partial charge in [-0.25, -0.2) is 4.98 Å². The molecule has 146 valence electrons. The molecule has 1 saturated heterocycles. The van der Waals surface area contributed by atoms with Gasteiger partial charge in [0.15, 0.2) is 5.82 Å². The van der Waals surface area contributed by atoms with E-state index in [1.54, 1.807) is 6.07 Å². The van der Waals surface area contributed by atoms with E-state index in [2.05, 4.69) is 21.2 Å². The third-order valence-corrected chi connectivity index (χ3v) is 6.17. The highest BCUT2D eigenvalue weighted by Gasteiger charge is 2.34. The number of aromatic nitrogens is 4. The van der Waals surface area contributed by atoms with Crippen molar-refractivity contribution in [3.05, 3.63) is 58.3 Å². The van der Waals surface area contributed by atoms with Gasteiger partial charge in [0, 0.05) is 12.6 Å². The lowest BCUT2D eigenvalue weighted by Crippen LogP contribution is -2.34. The summed E-state index contributed by atoms with van der Waals surface area (Å²) in [7, 11) is 0. The molecule has 1 aliphatic carbocycles. The second-order valence-electron chi connectivity index (χ2n) is 7.83. The lowest BCUT2D eigenvalue weighted by atomic mass is 10.1. The maximum atomic E-state index is 13.5. The molecule has 2 aliphatic rings. The van der Waals surface area contributed by atoms with Crippen molar-refractivity contribution in [2.75, 3.05) is 11.4 Å². The van der Waals surface area contributed by atoms with Crippen molar-refractivity contribution in [2.45, 2.75) is 50.6 Å². The van der Waals surface area contributed by atoms with Gasteiger partial charge in [0.25, 0.3) is 5.56 Å². The van der Waals surface area contributed by atoms with Crippen LogP contribution in [0.3, 0.4) is 0 Å². The van der Waals surface area contributed by atoms with Crippen LogP contribution < -0.4 is 10.5 Å². The largest absolute Gasteiger partial charge is 0.344 e. The van der Waals surface area contributed by atoms with E-state index in [9.17, 15) is 10.1 Å². The Morgan fingerprint density at radius 1 is 1.07 bits per heavy atom. The minimum atomic E-state index is -0.0864. The van der Waals surface area contributed by atoms with Crippen LogP contribution in [0.25, 0.3) is 10.9 Å². The monoisotopic (exact) mass is 386 g/mol. The standard InChI is InChI=1S/C22H22N6O/c23-14-15-11-12-24-26-20(15)27-13-5-10-19(27)21-25-18-9-4-3-8-17(18)22(29)28(21)16-6-1-2-7-16/h3-4,8-9,11-12,16,19H,1-2,5-7,10,13H2. The van der Waals surface area contributed by atoms with Crippen molar-refractivity contribution >= 4 is 16.7 Å². The fraction of sp³-hybridized carbons (Fsp3) is 0.409. The topological polar surface area (TPSA) is 87.7 Å². The van der Waals surface area contributed by atoms with Gasteiger partial charge in [0.1, 0.15) is 11.9 Å². The number of nitrogens with zero attached hydrogens (tertiary/aromatic N) is 6. The number of nitriles is 1. The predicted octanol–water partition coefficient (Wildman–Crippen LogP) is 3.51. The van der Waals surface area contributed by atoms with E-state index in [0.717, 1.165) is 56.4 Å². The van der Waals surface area contributed by atoms with E-state index < -0.39 is 0 Å². The zero-order chi connectivity index (χ0) is 19.8. The van der Waals surface area contributed by atoms with Gasteiger partial charge in [-0.2, -0.15) is 10.4 Å². The summed E-state index contributed by atoms with van der Waals surface area (Å²) in [6.45, 7) is 0.769. The summed E-state index contributed by atoms with van der Waals surface area (Å²) in [4.78, 5) is 20.6. The second kappa shape index (κ2) is 7.28. The molecule has 0 N–H and O–H groups in total. The molecular formula is C22H22N6O. The number of para-hydroxylation sites is 1. The third-order valence-electron chi connectivity index (χ3n) is 6.17. The molecule has 0 amide bonds. The molecule has 5 rings (SSSR count). The molecule has 7 nitrogen and oxygen atoms in total. The number of hydrogen-bond acceptors (Lipinski definition) is 6. The highest BCUT2D eigenvalue weighted by molar-refractivity contribution is 5.77. The second-order valence-corrected chi connectivity index (χ2v) is 7.83. The summed E-state index contributed by atoms with van der Waals surface area (Å²) in [6.07, 6.45) is 7.66. The SMILES string of the molecule is N#Cc1ccnnc1N1CCCC1c1nc2ccccc2c(=O)n1C1CCCC1. The van der Waals surface area contributed by atoms with Gasteiger partial charge < -0.3 is 4.90 Å². The summed E-state index contributed by atoms with van der Waals surface area (Å²) < 4.78 is 1.95. The summed E-state index contributed by atoms with van der Waals surface area (Å²) in [6, 6.07) is 11.6. The molecule has 0 spiro atoms. The van der Waals surface area contributed by atoms with Crippen molar-refractivity contribution in [3.8, 4) is 6.07 Å². The minimum absolute atomic E-state index is 0.0454. The Morgan fingerprint density at radius 3 is 2.72 bits per heavy atom. The number of benzene rings is 1. The Kier molecular flexibility index (Phi) is 4.47. The maximum Gasteiger partial charge on any atom is 0.261 e. The number of rotatable bonds is 3. The minimum Gasteiger partial charge on any atom is -0.344 e. The van der Waals surface area contributed by atoms with E-state index in [4.69, 9.17) is 4.98 Å². The van der Waals surface area contributed by atoms with Gasteiger partial charge in [0.05, 0.1) is 28.7 Å². The van der Waals surface area contributed by atoms with Gasteiger partial charge in [-0.15, -0.1) is 5.10 Å². The smallest absolute Gasteiger partial charge is 0.261 e. The van der Waals surface area contributed by atoms with E-state index in [0.29, 0.717) is 16.8 Å². The summed E-state index contributed by atoms with van der Waals surface area (Å²) >= 11 is 0. The first-order valence-corrected chi connectivity index (χ1v) is 10.3. The average molecular weight is 386 g/mol. The van der Waals surface area contributed by atoms with E-state index in [1.807, 2.05) is 28.8 Å². The molecule has 1 aliphatic heterocycles. The zero-order valence-corrected chi connectivity index (χ0v) is 16.2. The molecule has 7 heteroatoms. The van der Waals surface area contributed by atoms with Gasteiger partial charge in [-0.3, -0.25) is 9.36 Å². The van der Waals surface area contributed by atoms with Crippen molar-refractivity contribution in [2.24, 2.45) is 0 Å². The normalized spacial score (nSPS) is 19.7. The highest BCUT2D eigenvalue weighted by Crippen LogP contribution is 2.38. The quantitative estimate of drug-likeness (QED) is 0.684. The number of anilines is 1. The third kappa shape index (κ3) is 2.96. The summed E-state index contributed by atoms with van der Waals surface area (Å²) in [5.74, 6) is 1.38. The summed E-state index contributed by atoms with van der Waals surface area (Å²) in [5, 5.41) is 18.5. The Labute approximate surface area is 168 Å². The molecule has 0 radical (unpaired) electrons. The molecule has 3 heterocycles. The van der Waals surface area contributed by atoms with E-state index in [1.165, 1.54) is 6.20 Å². The van der Waals surface area contributed by atoms with Gasteiger partial charge in [0.2, 0.25) is 0 Å². The Bertz CT molecular complexity index is 1160. The fourth-order valence-electron chi connectivity index (χ4n) is 4.83. The van der Waals surface area contributed by atoms with Gasteiger partial charge in [-0.1, -0.05) is 25.0 Å². The lowest BCUT2D eigenvalue weighted by Gasteiger charge is -2.29. The van der Waals surface area contributed by atoms with Crippen LogP contribution in [0.4, 0.5) is 5.82 Å².